The SMILES string of the molecule is NCC1CN(c2ccc(S(=O)(=O)C(F)F)cc2)CCO1. The lowest BCUT2D eigenvalue weighted by atomic mass is 10.2. The Kier molecular flexibility index (Phi) is 4.56. The molecule has 1 saturated heterocycles. The van der Waals surface area contributed by atoms with E-state index in [1.54, 1.807) is 0 Å². The van der Waals surface area contributed by atoms with Crippen LogP contribution in [0.15, 0.2) is 29.2 Å². The van der Waals surface area contributed by atoms with Crippen LogP contribution in [0.3, 0.4) is 0 Å². The number of halogens is 2. The normalized spacial score (nSPS) is 20.4. The van der Waals surface area contributed by atoms with Crippen molar-refractivity contribution in [3.8, 4) is 0 Å². The molecule has 0 radical (unpaired) electrons. The average molecular weight is 306 g/mol. The molecule has 1 unspecified atom stereocenters. The van der Waals surface area contributed by atoms with Gasteiger partial charge in [-0.2, -0.15) is 8.78 Å². The quantitative estimate of drug-likeness (QED) is 0.893. The van der Waals surface area contributed by atoms with Crippen molar-refractivity contribution >= 4 is 15.5 Å². The fourth-order valence-electron chi connectivity index (χ4n) is 2.05. The van der Waals surface area contributed by atoms with Crippen LogP contribution in [0.25, 0.3) is 0 Å². The maximum Gasteiger partial charge on any atom is 0.341 e. The summed E-state index contributed by atoms with van der Waals surface area (Å²) < 4.78 is 52.9. The van der Waals surface area contributed by atoms with Crippen LogP contribution in [0.4, 0.5) is 14.5 Å². The second-order valence-electron chi connectivity index (χ2n) is 4.47. The zero-order chi connectivity index (χ0) is 14.8. The standard InChI is InChI=1S/C12H16F2N2O3S/c13-12(14)20(17,18)11-3-1-9(2-4-11)16-5-6-19-10(7-15)8-16/h1-4,10,12H,5-8,15H2. The van der Waals surface area contributed by atoms with Crippen LogP contribution in [0.2, 0.25) is 0 Å². The minimum Gasteiger partial charge on any atom is -0.373 e. The average Bonchev–Trinajstić information content (AvgIpc) is 2.47. The number of morpholine rings is 1. The van der Waals surface area contributed by atoms with Gasteiger partial charge in [-0.1, -0.05) is 0 Å². The van der Waals surface area contributed by atoms with Crippen molar-refractivity contribution in [2.45, 2.75) is 16.8 Å². The second-order valence-corrected chi connectivity index (χ2v) is 6.39. The van der Waals surface area contributed by atoms with Crippen molar-refractivity contribution in [2.24, 2.45) is 5.73 Å². The largest absolute Gasteiger partial charge is 0.373 e. The summed E-state index contributed by atoms with van der Waals surface area (Å²) in [6, 6.07) is 5.44. The highest BCUT2D eigenvalue weighted by atomic mass is 32.2. The van der Waals surface area contributed by atoms with Crippen LogP contribution in [-0.2, 0) is 14.6 Å². The van der Waals surface area contributed by atoms with Crippen molar-refractivity contribution in [1.82, 2.24) is 0 Å². The van der Waals surface area contributed by atoms with Gasteiger partial charge in [0.1, 0.15) is 0 Å². The molecule has 0 saturated carbocycles. The van der Waals surface area contributed by atoms with Crippen LogP contribution >= 0.6 is 0 Å². The Balaban J connectivity index is 2.16. The van der Waals surface area contributed by atoms with Gasteiger partial charge < -0.3 is 15.4 Å². The number of anilines is 1. The van der Waals surface area contributed by atoms with Gasteiger partial charge in [0.05, 0.1) is 17.6 Å². The van der Waals surface area contributed by atoms with Crippen molar-refractivity contribution in [2.75, 3.05) is 31.1 Å². The van der Waals surface area contributed by atoms with E-state index in [4.69, 9.17) is 10.5 Å². The van der Waals surface area contributed by atoms with Gasteiger partial charge in [-0.3, -0.25) is 0 Å². The first-order chi connectivity index (χ1) is 9.45. The maximum absolute atomic E-state index is 12.4. The molecule has 1 aliphatic heterocycles. The van der Waals surface area contributed by atoms with Crippen molar-refractivity contribution in [3.63, 3.8) is 0 Å². The van der Waals surface area contributed by atoms with Crippen LogP contribution < -0.4 is 10.6 Å². The molecule has 0 aliphatic carbocycles. The number of sulfone groups is 1. The summed E-state index contributed by atoms with van der Waals surface area (Å²) in [5.41, 5.74) is 6.31. The van der Waals surface area contributed by atoms with Crippen molar-refractivity contribution in [3.05, 3.63) is 24.3 Å². The molecule has 5 nitrogen and oxygen atoms in total. The van der Waals surface area contributed by atoms with E-state index in [0.29, 0.717) is 26.2 Å². The molecule has 112 valence electrons. The zero-order valence-corrected chi connectivity index (χ0v) is 11.5. The van der Waals surface area contributed by atoms with E-state index >= 15 is 0 Å². The van der Waals surface area contributed by atoms with Gasteiger partial charge in [0, 0.05) is 25.3 Å². The lowest BCUT2D eigenvalue weighted by Gasteiger charge is -2.34. The molecule has 0 spiro atoms. The van der Waals surface area contributed by atoms with E-state index in [9.17, 15) is 17.2 Å². The Labute approximate surface area is 116 Å². The third kappa shape index (κ3) is 3.08. The molecule has 1 aliphatic rings. The number of benzene rings is 1. The predicted octanol–water partition coefficient (Wildman–Crippen LogP) is 0.847. The molecule has 20 heavy (non-hydrogen) atoms. The summed E-state index contributed by atoms with van der Waals surface area (Å²) in [6.45, 7) is 2.17. The topological polar surface area (TPSA) is 72.6 Å². The third-order valence-electron chi connectivity index (χ3n) is 3.17. The van der Waals surface area contributed by atoms with Crippen LogP contribution in [0.5, 0.6) is 0 Å². The highest BCUT2D eigenvalue weighted by molar-refractivity contribution is 7.91. The Morgan fingerprint density at radius 3 is 2.55 bits per heavy atom. The minimum atomic E-state index is -4.54. The van der Waals surface area contributed by atoms with Gasteiger partial charge in [-0.25, -0.2) is 8.42 Å². The molecule has 1 fully saturated rings. The van der Waals surface area contributed by atoms with E-state index in [2.05, 4.69) is 0 Å². The van der Waals surface area contributed by atoms with E-state index in [-0.39, 0.29) is 11.0 Å². The highest BCUT2D eigenvalue weighted by Gasteiger charge is 2.27. The molecule has 1 aromatic rings. The minimum absolute atomic E-state index is 0.0757. The van der Waals surface area contributed by atoms with Crippen molar-refractivity contribution in [1.29, 1.82) is 0 Å². The van der Waals surface area contributed by atoms with E-state index < -0.39 is 15.6 Å². The van der Waals surface area contributed by atoms with Gasteiger partial charge in [0.15, 0.2) is 0 Å². The summed E-state index contributed by atoms with van der Waals surface area (Å²) in [5.74, 6) is -3.40. The number of nitrogens with two attached hydrogens (primary N) is 1. The number of alkyl halides is 2. The summed E-state index contributed by atoms with van der Waals surface area (Å²) in [5, 5.41) is 0. The third-order valence-corrected chi connectivity index (χ3v) is 4.57. The summed E-state index contributed by atoms with van der Waals surface area (Å²) in [4.78, 5) is 1.61. The van der Waals surface area contributed by atoms with E-state index in [1.165, 1.54) is 24.3 Å². The van der Waals surface area contributed by atoms with Gasteiger partial charge >= 0.3 is 5.76 Å². The number of hydrogen-bond acceptors (Lipinski definition) is 5. The van der Waals surface area contributed by atoms with Crippen molar-refractivity contribution < 1.29 is 21.9 Å². The molecule has 1 atom stereocenters. The predicted molar refractivity (Wildman–Crippen MR) is 70.6 cm³/mol. The molecular weight excluding hydrogens is 290 g/mol. The summed E-state index contributed by atoms with van der Waals surface area (Å²) in [6.07, 6.45) is -0.0757. The number of rotatable bonds is 4. The van der Waals surface area contributed by atoms with Gasteiger partial charge in [0.2, 0.25) is 9.84 Å². The lowest BCUT2D eigenvalue weighted by molar-refractivity contribution is 0.0466. The van der Waals surface area contributed by atoms with Crippen LogP contribution in [0.1, 0.15) is 0 Å². The van der Waals surface area contributed by atoms with E-state index in [1.807, 2.05) is 4.90 Å². The van der Waals surface area contributed by atoms with Gasteiger partial charge in [-0.05, 0) is 24.3 Å². The first-order valence-corrected chi connectivity index (χ1v) is 7.68. The maximum atomic E-state index is 12.4. The van der Waals surface area contributed by atoms with E-state index in [0.717, 1.165) is 5.69 Å². The Bertz CT molecular complexity index is 548. The monoisotopic (exact) mass is 306 g/mol. The van der Waals surface area contributed by atoms with Crippen LogP contribution in [0, 0.1) is 0 Å². The fraction of sp³-hybridized carbons (Fsp3) is 0.500. The molecule has 0 aromatic heterocycles. The highest BCUT2D eigenvalue weighted by Crippen LogP contribution is 2.23. The molecule has 0 amide bonds. The first-order valence-electron chi connectivity index (χ1n) is 6.14. The van der Waals surface area contributed by atoms with Gasteiger partial charge in [0.25, 0.3) is 0 Å². The molecule has 1 aromatic carbocycles. The lowest BCUT2D eigenvalue weighted by Crippen LogP contribution is -2.45. The zero-order valence-electron chi connectivity index (χ0n) is 10.7. The molecule has 0 bridgehead atoms. The molecule has 1 heterocycles. The summed E-state index contributed by atoms with van der Waals surface area (Å²) >= 11 is 0. The molecule has 2 rings (SSSR count). The Hall–Kier alpha value is -1.25. The molecule has 2 N–H and O–H groups in total. The Morgan fingerprint density at radius 2 is 2.00 bits per heavy atom. The second kappa shape index (κ2) is 6.02. The summed E-state index contributed by atoms with van der Waals surface area (Å²) in [7, 11) is -4.54. The molecular formula is C12H16F2N2O3S. The molecule has 8 heteroatoms. The van der Waals surface area contributed by atoms with Crippen LogP contribution in [-0.4, -0.2) is 46.5 Å². The smallest absolute Gasteiger partial charge is 0.341 e. The fourth-order valence-corrected chi connectivity index (χ4v) is 2.77. The van der Waals surface area contributed by atoms with Gasteiger partial charge in [-0.15, -0.1) is 0 Å². The number of hydrogen-bond donors (Lipinski definition) is 1. The first kappa shape index (κ1) is 15.1. The Morgan fingerprint density at radius 1 is 1.35 bits per heavy atom. The number of nitrogens with zero attached hydrogens (tertiary/aromatic N) is 1. The number of ether oxygens (including phenoxy) is 1.